The molecule has 3 rings (SSSR count). The van der Waals surface area contributed by atoms with Gasteiger partial charge in [-0.1, -0.05) is 48.7 Å². The third kappa shape index (κ3) is 3.87. The number of carbonyl (C=O) groups excluding carboxylic acids is 2. The molecule has 1 aliphatic rings. The third-order valence-electron chi connectivity index (χ3n) is 4.60. The average molecular weight is 404 g/mol. The minimum Gasteiger partial charge on any atom is -0.507 e. The summed E-state index contributed by atoms with van der Waals surface area (Å²) in [4.78, 5) is 26.9. The Morgan fingerprint density at radius 2 is 1.56 bits per heavy atom. The van der Waals surface area contributed by atoms with Crippen LogP contribution in [0, 0.1) is 0 Å². The molecule has 1 N–H and O–H groups in total. The number of nitrogens with zero attached hydrogens (tertiary/aromatic N) is 1. The van der Waals surface area contributed by atoms with Gasteiger partial charge in [0.05, 0.1) is 11.6 Å². The standard InChI is InChI=1S/C21H19Cl2NO3/c1-2-3-12-24-18(13-4-8-15(22)9-5-13)17(20(26)21(24)27)19(25)14-6-10-16(23)11-7-14/h4-11,18,25H,2-3,12H2,1H3/b19-17+. The van der Waals surface area contributed by atoms with Gasteiger partial charge in [0.1, 0.15) is 5.76 Å². The smallest absolute Gasteiger partial charge is 0.295 e. The maximum absolute atomic E-state index is 12.8. The molecule has 0 spiro atoms. The van der Waals surface area contributed by atoms with Gasteiger partial charge in [-0.2, -0.15) is 0 Å². The van der Waals surface area contributed by atoms with Crippen molar-refractivity contribution in [2.45, 2.75) is 25.8 Å². The van der Waals surface area contributed by atoms with E-state index in [4.69, 9.17) is 23.2 Å². The van der Waals surface area contributed by atoms with E-state index in [1.54, 1.807) is 48.5 Å². The fraction of sp³-hybridized carbons (Fsp3) is 0.238. The lowest BCUT2D eigenvalue weighted by Gasteiger charge is -2.25. The first kappa shape index (κ1) is 19.5. The normalized spacial score (nSPS) is 18.9. The molecule has 4 nitrogen and oxygen atoms in total. The Morgan fingerprint density at radius 3 is 2.11 bits per heavy atom. The van der Waals surface area contributed by atoms with Crippen LogP contribution in [0.2, 0.25) is 10.0 Å². The molecule has 1 saturated heterocycles. The van der Waals surface area contributed by atoms with Crippen LogP contribution in [0.25, 0.3) is 5.76 Å². The molecule has 0 aromatic heterocycles. The van der Waals surface area contributed by atoms with Gasteiger partial charge in [-0.15, -0.1) is 0 Å². The summed E-state index contributed by atoms with van der Waals surface area (Å²) >= 11 is 11.9. The molecule has 1 aliphatic heterocycles. The van der Waals surface area contributed by atoms with Crippen molar-refractivity contribution < 1.29 is 14.7 Å². The summed E-state index contributed by atoms with van der Waals surface area (Å²) in [6.45, 7) is 2.45. The van der Waals surface area contributed by atoms with Crippen LogP contribution >= 0.6 is 23.2 Å². The number of halogens is 2. The van der Waals surface area contributed by atoms with Crippen LogP contribution in [0.1, 0.15) is 36.9 Å². The highest BCUT2D eigenvalue weighted by Gasteiger charge is 2.45. The SMILES string of the molecule is CCCCN1C(=O)C(=O)/C(=C(/O)c2ccc(Cl)cc2)C1c1ccc(Cl)cc1. The molecule has 27 heavy (non-hydrogen) atoms. The first-order chi connectivity index (χ1) is 12.9. The van der Waals surface area contributed by atoms with Gasteiger partial charge >= 0.3 is 0 Å². The molecule has 1 atom stereocenters. The number of ketones is 1. The largest absolute Gasteiger partial charge is 0.507 e. The van der Waals surface area contributed by atoms with E-state index in [1.165, 1.54) is 4.90 Å². The zero-order valence-electron chi connectivity index (χ0n) is 14.8. The Morgan fingerprint density at radius 1 is 1.00 bits per heavy atom. The number of hydrogen-bond acceptors (Lipinski definition) is 3. The fourth-order valence-corrected chi connectivity index (χ4v) is 3.45. The highest BCUT2D eigenvalue weighted by atomic mass is 35.5. The van der Waals surface area contributed by atoms with E-state index >= 15 is 0 Å². The lowest BCUT2D eigenvalue weighted by atomic mass is 9.95. The van der Waals surface area contributed by atoms with Crippen molar-refractivity contribution >= 4 is 40.7 Å². The Bertz CT molecular complexity index is 889. The van der Waals surface area contributed by atoms with Crippen molar-refractivity contribution in [3.63, 3.8) is 0 Å². The van der Waals surface area contributed by atoms with Crippen LogP contribution in [0.5, 0.6) is 0 Å². The number of unbranched alkanes of at least 4 members (excludes halogenated alkanes) is 1. The maximum Gasteiger partial charge on any atom is 0.295 e. The van der Waals surface area contributed by atoms with Gasteiger partial charge in [-0.25, -0.2) is 0 Å². The number of aliphatic hydroxyl groups excluding tert-OH is 1. The molecule has 2 aromatic carbocycles. The Kier molecular flexibility index (Phi) is 5.88. The lowest BCUT2D eigenvalue weighted by molar-refractivity contribution is -0.139. The zero-order chi connectivity index (χ0) is 19.6. The summed E-state index contributed by atoms with van der Waals surface area (Å²) in [6, 6.07) is 12.8. The van der Waals surface area contributed by atoms with Gasteiger partial charge in [0.15, 0.2) is 0 Å². The van der Waals surface area contributed by atoms with Crippen LogP contribution in [-0.2, 0) is 9.59 Å². The summed E-state index contributed by atoms with van der Waals surface area (Å²) in [5.41, 5.74) is 1.25. The van der Waals surface area contributed by atoms with Gasteiger partial charge in [-0.3, -0.25) is 9.59 Å². The molecule has 1 amide bonds. The number of likely N-dealkylation sites (tertiary alicyclic amines) is 1. The Balaban J connectivity index is 2.14. The molecule has 0 saturated carbocycles. The van der Waals surface area contributed by atoms with E-state index in [0.29, 0.717) is 22.2 Å². The molecule has 0 aliphatic carbocycles. The number of rotatable bonds is 5. The molecule has 0 radical (unpaired) electrons. The second-order valence-electron chi connectivity index (χ2n) is 6.40. The molecular formula is C21H19Cl2NO3. The van der Waals surface area contributed by atoms with Crippen molar-refractivity contribution in [3.05, 3.63) is 75.3 Å². The van der Waals surface area contributed by atoms with Crippen molar-refractivity contribution in [2.75, 3.05) is 6.54 Å². The quantitative estimate of drug-likeness (QED) is 0.423. The van der Waals surface area contributed by atoms with Gasteiger partial charge in [0.2, 0.25) is 0 Å². The number of benzene rings is 2. The molecule has 6 heteroatoms. The first-order valence-electron chi connectivity index (χ1n) is 8.74. The molecule has 0 bridgehead atoms. The van der Waals surface area contributed by atoms with E-state index in [9.17, 15) is 14.7 Å². The molecular weight excluding hydrogens is 385 g/mol. The number of aliphatic hydroxyl groups is 1. The summed E-state index contributed by atoms with van der Waals surface area (Å²) in [7, 11) is 0. The molecule has 140 valence electrons. The monoisotopic (exact) mass is 403 g/mol. The van der Waals surface area contributed by atoms with E-state index < -0.39 is 17.7 Å². The second-order valence-corrected chi connectivity index (χ2v) is 7.28. The summed E-state index contributed by atoms with van der Waals surface area (Å²) in [5, 5.41) is 11.9. The number of Topliss-reactive ketones (excluding diaryl/α,β-unsaturated/α-hetero) is 1. The Hall–Kier alpha value is -2.30. The van der Waals surface area contributed by atoms with Crippen LogP contribution < -0.4 is 0 Å². The Labute approximate surface area is 168 Å². The van der Waals surface area contributed by atoms with Crippen molar-refractivity contribution in [1.29, 1.82) is 0 Å². The first-order valence-corrected chi connectivity index (χ1v) is 9.49. The van der Waals surface area contributed by atoms with Crippen LogP contribution in [0.4, 0.5) is 0 Å². The number of carbonyl (C=O) groups is 2. The van der Waals surface area contributed by atoms with Crippen LogP contribution in [-0.4, -0.2) is 28.2 Å². The van der Waals surface area contributed by atoms with E-state index in [2.05, 4.69) is 0 Å². The summed E-state index contributed by atoms with van der Waals surface area (Å²) in [6.07, 6.45) is 1.64. The lowest BCUT2D eigenvalue weighted by Crippen LogP contribution is -2.30. The van der Waals surface area contributed by atoms with Crippen LogP contribution in [0.3, 0.4) is 0 Å². The van der Waals surface area contributed by atoms with Crippen molar-refractivity contribution in [1.82, 2.24) is 4.90 Å². The summed E-state index contributed by atoms with van der Waals surface area (Å²) in [5.74, 6) is -1.48. The molecule has 1 fully saturated rings. The predicted molar refractivity (Wildman–Crippen MR) is 107 cm³/mol. The third-order valence-corrected chi connectivity index (χ3v) is 5.10. The topological polar surface area (TPSA) is 57.6 Å². The van der Waals surface area contributed by atoms with Crippen molar-refractivity contribution in [2.24, 2.45) is 0 Å². The maximum atomic E-state index is 12.8. The fourth-order valence-electron chi connectivity index (χ4n) is 3.19. The van der Waals surface area contributed by atoms with Gasteiger partial charge in [-0.05, 0) is 48.4 Å². The number of amides is 1. The minimum absolute atomic E-state index is 0.0840. The highest BCUT2D eigenvalue weighted by Crippen LogP contribution is 2.39. The minimum atomic E-state index is -0.682. The van der Waals surface area contributed by atoms with Crippen molar-refractivity contribution in [3.8, 4) is 0 Å². The molecule has 1 unspecified atom stereocenters. The highest BCUT2D eigenvalue weighted by molar-refractivity contribution is 6.46. The average Bonchev–Trinajstić information content (AvgIpc) is 2.91. The molecule has 2 aromatic rings. The van der Waals surface area contributed by atoms with E-state index in [1.807, 2.05) is 6.92 Å². The van der Waals surface area contributed by atoms with Gasteiger partial charge in [0.25, 0.3) is 11.7 Å². The number of hydrogen-bond donors (Lipinski definition) is 1. The zero-order valence-corrected chi connectivity index (χ0v) is 16.3. The summed E-state index contributed by atoms with van der Waals surface area (Å²) < 4.78 is 0. The van der Waals surface area contributed by atoms with Gasteiger partial charge in [0, 0.05) is 22.2 Å². The second kappa shape index (κ2) is 8.15. The van der Waals surface area contributed by atoms with E-state index in [0.717, 1.165) is 18.4 Å². The predicted octanol–water partition coefficient (Wildman–Crippen LogP) is 5.22. The van der Waals surface area contributed by atoms with E-state index in [-0.39, 0.29) is 11.3 Å². The van der Waals surface area contributed by atoms with Crippen LogP contribution in [0.15, 0.2) is 54.1 Å². The molecule has 1 heterocycles. The van der Waals surface area contributed by atoms with Gasteiger partial charge < -0.3 is 10.0 Å².